The van der Waals surface area contributed by atoms with Gasteiger partial charge in [0.15, 0.2) is 0 Å². The lowest BCUT2D eigenvalue weighted by atomic mass is 10.1. The molecule has 142 valence electrons. The quantitative estimate of drug-likeness (QED) is 0.854. The molecule has 1 heterocycles. The number of urea groups is 1. The third-order valence-electron chi connectivity index (χ3n) is 4.70. The number of benzene rings is 2. The molecule has 0 saturated heterocycles. The molecule has 0 bridgehead atoms. The minimum atomic E-state index is -0.291. The number of hydrogen-bond acceptors (Lipinski definition) is 3. The first-order chi connectivity index (χ1) is 13.1. The second kappa shape index (κ2) is 8.68. The van der Waals surface area contributed by atoms with Crippen molar-refractivity contribution < 1.29 is 14.3 Å². The summed E-state index contributed by atoms with van der Waals surface area (Å²) >= 11 is 0. The molecule has 6 nitrogen and oxygen atoms in total. The number of hydrogen-bond donors (Lipinski definition) is 1. The van der Waals surface area contributed by atoms with E-state index >= 15 is 0 Å². The maximum atomic E-state index is 12.5. The summed E-state index contributed by atoms with van der Waals surface area (Å²) in [6.45, 7) is 3.41. The summed E-state index contributed by atoms with van der Waals surface area (Å²) in [5.74, 6) is -0.145. The van der Waals surface area contributed by atoms with Gasteiger partial charge in [-0.05, 0) is 30.2 Å². The Kier molecular flexibility index (Phi) is 6.08. The van der Waals surface area contributed by atoms with Gasteiger partial charge >= 0.3 is 6.03 Å². The minimum Gasteiger partial charge on any atom is -0.367 e. The summed E-state index contributed by atoms with van der Waals surface area (Å²) in [5.41, 5.74) is 3.10. The van der Waals surface area contributed by atoms with Gasteiger partial charge in [0.25, 0.3) is 0 Å². The van der Waals surface area contributed by atoms with Gasteiger partial charge in [-0.3, -0.25) is 4.79 Å². The van der Waals surface area contributed by atoms with Gasteiger partial charge in [-0.15, -0.1) is 0 Å². The van der Waals surface area contributed by atoms with E-state index in [9.17, 15) is 9.59 Å². The van der Waals surface area contributed by atoms with Gasteiger partial charge in [-0.1, -0.05) is 42.5 Å². The first-order valence-corrected chi connectivity index (χ1v) is 9.14. The number of fused-ring (bicyclic) bond motifs is 1. The summed E-state index contributed by atoms with van der Waals surface area (Å²) in [5, 5.41) is 2.70. The maximum Gasteiger partial charge on any atom is 0.317 e. The molecular weight excluding hydrogens is 342 g/mol. The second-order valence-electron chi connectivity index (χ2n) is 6.51. The maximum absolute atomic E-state index is 12.5. The number of nitrogens with one attached hydrogen (secondary N) is 1. The van der Waals surface area contributed by atoms with Crippen LogP contribution in [0.1, 0.15) is 24.2 Å². The Morgan fingerprint density at radius 2 is 1.81 bits per heavy atom. The number of anilines is 1. The average molecular weight is 367 g/mol. The predicted octanol–water partition coefficient (Wildman–Crippen LogP) is 2.95. The Bertz CT molecular complexity index is 794. The second-order valence-corrected chi connectivity index (χ2v) is 6.51. The van der Waals surface area contributed by atoms with Crippen LogP contribution in [0.5, 0.6) is 0 Å². The minimum absolute atomic E-state index is 0.0476. The Morgan fingerprint density at radius 3 is 2.56 bits per heavy atom. The molecule has 1 aliphatic rings. The molecular formula is C21H25N3O3. The highest BCUT2D eigenvalue weighted by Gasteiger charge is 2.25. The SMILES string of the molecule is CCN(C(=O)CNC(=O)N(C)CC1OCc2ccccc21)c1ccccc1. The first kappa shape index (κ1) is 18.9. The van der Waals surface area contributed by atoms with E-state index in [1.807, 2.05) is 61.5 Å². The van der Waals surface area contributed by atoms with Crippen LogP contribution in [0, 0.1) is 0 Å². The highest BCUT2D eigenvalue weighted by atomic mass is 16.5. The lowest BCUT2D eigenvalue weighted by molar-refractivity contribution is -0.117. The molecule has 2 aromatic carbocycles. The van der Waals surface area contributed by atoms with Crippen LogP contribution in [-0.4, -0.2) is 43.5 Å². The molecule has 2 aromatic rings. The lowest BCUT2D eigenvalue weighted by Gasteiger charge is -2.24. The smallest absolute Gasteiger partial charge is 0.317 e. The third kappa shape index (κ3) is 4.46. The van der Waals surface area contributed by atoms with Gasteiger partial charge < -0.3 is 19.9 Å². The van der Waals surface area contributed by atoms with E-state index in [0.717, 1.165) is 16.8 Å². The van der Waals surface area contributed by atoms with E-state index in [0.29, 0.717) is 19.7 Å². The number of ether oxygens (including phenoxy) is 1. The molecule has 6 heteroatoms. The monoisotopic (exact) mass is 367 g/mol. The van der Waals surface area contributed by atoms with Crippen LogP contribution < -0.4 is 10.2 Å². The van der Waals surface area contributed by atoms with Crippen molar-refractivity contribution in [3.63, 3.8) is 0 Å². The molecule has 0 aromatic heterocycles. The molecule has 3 rings (SSSR count). The summed E-state index contributed by atoms with van der Waals surface area (Å²) in [6.07, 6.45) is -0.135. The van der Waals surface area contributed by atoms with Crippen molar-refractivity contribution in [2.75, 3.05) is 31.6 Å². The van der Waals surface area contributed by atoms with Crippen LogP contribution >= 0.6 is 0 Å². The zero-order chi connectivity index (χ0) is 19.2. The molecule has 0 fully saturated rings. The van der Waals surface area contributed by atoms with Crippen molar-refractivity contribution in [1.29, 1.82) is 0 Å². The Labute approximate surface area is 159 Å². The molecule has 0 spiro atoms. The molecule has 0 radical (unpaired) electrons. The fraction of sp³-hybridized carbons (Fsp3) is 0.333. The first-order valence-electron chi connectivity index (χ1n) is 9.14. The number of para-hydroxylation sites is 1. The van der Waals surface area contributed by atoms with Crippen molar-refractivity contribution in [3.05, 3.63) is 65.7 Å². The fourth-order valence-electron chi connectivity index (χ4n) is 3.24. The molecule has 27 heavy (non-hydrogen) atoms. The largest absolute Gasteiger partial charge is 0.367 e. The number of rotatable bonds is 6. The number of likely N-dealkylation sites (N-methyl/N-ethyl adjacent to an activating group) is 2. The van der Waals surface area contributed by atoms with Crippen LogP contribution in [0.2, 0.25) is 0 Å². The van der Waals surface area contributed by atoms with Gasteiger partial charge in [-0.2, -0.15) is 0 Å². The number of carbonyl (C=O) groups excluding carboxylic acids is 2. The summed E-state index contributed by atoms with van der Waals surface area (Å²) in [4.78, 5) is 28.1. The van der Waals surface area contributed by atoms with Gasteiger partial charge in [0.05, 0.1) is 19.7 Å². The van der Waals surface area contributed by atoms with Gasteiger partial charge in [0.1, 0.15) is 6.10 Å². The van der Waals surface area contributed by atoms with Crippen LogP contribution in [0.15, 0.2) is 54.6 Å². The van der Waals surface area contributed by atoms with E-state index in [1.165, 1.54) is 0 Å². The third-order valence-corrected chi connectivity index (χ3v) is 4.70. The van der Waals surface area contributed by atoms with Gasteiger partial charge in [-0.25, -0.2) is 4.79 Å². The molecule has 1 atom stereocenters. The van der Waals surface area contributed by atoms with Gasteiger partial charge in [0.2, 0.25) is 5.91 Å². The molecule has 1 unspecified atom stereocenters. The van der Waals surface area contributed by atoms with Crippen molar-refractivity contribution in [2.45, 2.75) is 19.6 Å². The Balaban J connectivity index is 1.52. The molecule has 3 amide bonds. The normalized spacial score (nSPS) is 15.1. The Hall–Kier alpha value is -2.86. The van der Waals surface area contributed by atoms with Crippen LogP contribution in [0.3, 0.4) is 0 Å². The van der Waals surface area contributed by atoms with Crippen LogP contribution in [0.4, 0.5) is 10.5 Å². The summed E-state index contributed by atoms with van der Waals surface area (Å²) in [6, 6.07) is 17.2. The standard InChI is InChI=1S/C21H25N3O3/c1-3-24(17-10-5-4-6-11-17)20(25)13-22-21(26)23(2)14-19-18-12-8-7-9-16(18)15-27-19/h4-12,19H,3,13-15H2,1-2H3,(H,22,26). The predicted molar refractivity (Wildman–Crippen MR) is 104 cm³/mol. The average Bonchev–Trinajstić information content (AvgIpc) is 3.10. The topological polar surface area (TPSA) is 61.9 Å². The van der Waals surface area contributed by atoms with E-state index in [4.69, 9.17) is 4.74 Å². The summed E-state index contributed by atoms with van der Waals surface area (Å²) < 4.78 is 5.79. The van der Waals surface area contributed by atoms with Crippen molar-refractivity contribution in [2.24, 2.45) is 0 Å². The zero-order valence-electron chi connectivity index (χ0n) is 15.7. The van der Waals surface area contributed by atoms with E-state index in [-0.39, 0.29) is 24.6 Å². The Morgan fingerprint density at radius 1 is 1.11 bits per heavy atom. The van der Waals surface area contributed by atoms with Crippen LogP contribution in [-0.2, 0) is 16.1 Å². The van der Waals surface area contributed by atoms with E-state index < -0.39 is 0 Å². The zero-order valence-corrected chi connectivity index (χ0v) is 15.7. The lowest BCUT2D eigenvalue weighted by Crippen LogP contribution is -2.45. The van der Waals surface area contributed by atoms with E-state index in [2.05, 4.69) is 5.32 Å². The molecule has 1 aliphatic heterocycles. The highest BCUT2D eigenvalue weighted by Crippen LogP contribution is 2.30. The molecule has 1 N–H and O–H groups in total. The van der Waals surface area contributed by atoms with Crippen LogP contribution in [0.25, 0.3) is 0 Å². The number of amides is 3. The molecule has 0 aliphatic carbocycles. The van der Waals surface area contributed by atoms with Crippen molar-refractivity contribution in [3.8, 4) is 0 Å². The summed E-state index contributed by atoms with van der Waals surface area (Å²) in [7, 11) is 1.71. The van der Waals surface area contributed by atoms with Crippen molar-refractivity contribution in [1.82, 2.24) is 10.2 Å². The van der Waals surface area contributed by atoms with E-state index in [1.54, 1.807) is 16.8 Å². The highest BCUT2D eigenvalue weighted by molar-refractivity contribution is 5.96. The number of nitrogens with zero attached hydrogens (tertiary/aromatic N) is 2. The van der Waals surface area contributed by atoms with Crippen molar-refractivity contribution >= 4 is 17.6 Å². The van der Waals surface area contributed by atoms with Gasteiger partial charge in [0, 0.05) is 19.3 Å². The molecule has 0 saturated carbocycles. The number of carbonyl (C=O) groups is 2. The fourth-order valence-corrected chi connectivity index (χ4v) is 3.24.